The van der Waals surface area contributed by atoms with E-state index in [1.165, 1.54) is 13.3 Å². The summed E-state index contributed by atoms with van der Waals surface area (Å²) in [4.78, 5) is 10.5. The lowest BCUT2D eigenvalue weighted by molar-refractivity contribution is 0.0588. The average molecular weight is 128 g/mol. The van der Waals surface area contributed by atoms with E-state index in [-0.39, 0.29) is 5.69 Å². The van der Waals surface area contributed by atoms with Gasteiger partial charge in [0.05, 0.1) is 7.11 Å². The number of carbonyl (C=O) groups is 1. The minimum Gasteiger partial charge on any atom is -0.464 e. The van der Waals surface area contributed by atoms with E-state index >= 15 is 0 Å². The Morgan fingerprint density at radius 1 is 1.89 bits per heavy atom. The number of esters is 1. The molecule has 5 heteroatoms. The molecule has 48 valence electrons. The van der Waals surface area contributed by atoms with Crippen LogP contribution in [0.1, 0.15) is 10.5 Å². The lowest BCUT2D eigenvalue weighted by Gasteiger charge is -1.87. The topological polar surface area (TPSA) is 65.2 Å². The molecule has 0 aromatic carbocycles. The summed E-state index contributed by atoms with van der Waals surface area (Å²) in [7, 11) is 1.26. The molecule has 5 nitrogen and oxygen atoms in total. The Balaban J connectivity index is 2.77. The summed E-state index contributed by atoms with van der Waals surface area (Å²) >= 11 is 0. The summed E-state index contributed by atoms with van der Waals surface area (Å²) in [5.41, 5.74) is 0.0810. The van der Waals surface area contributed by atoms with Crippen LogP contribution >= 0.6 is 0 Å². The van der Waals surface area contributed by atoms with Crippen molar-refractivity contribution in [3.63, 3.8) is 0 Å². The molecule has 0 atom stereocenters. The van der Waals surface area contributed by atoms with Gasteiger partial charge < -0.3 is 4.74 Å². The Kier molecular flexibility index (Phi) is 1.44. The van der Waals surface area contributed by atoms with Gasteiger partial charge in [0.15, 0.2) is 0 Å². The maximum absolute atomic E-state index is 10.5. The number of aromatic nitrogens is 2. The number of rotatable bonds is 1. The summed E-state index contributed by atoms with van der Waals surface area (Å²) in [6.45, 7) is 0. The molecule has 0 amide bonds. The van der Waals surface area contributed by atoms with Gasteiger partial charge in [0, 0.05) is 0 Å². The first-order valence-corrected chi connectivity index (χ1v) is 2.20. The molecule has 0 bridgehead atoms. The maximum atomic E-state index is 10.5. The van der Waals surface area contributed by atoms with Gasteiger partial charge in [-0.15, -0.1) is 0 Å². The zero-order valence-corrected chi connectivity index (χ0v) is 4.70. The molecule has 1 aromatic rings. The van der Waals surface area contributed by atoms with Gasteiger partial charge in [0.2, 0.25) is 5.69 Å². The Hall–Kier alpha value is -1.39. The molecule has 0 fully saturated rings. The van der Waals surface area contributed by atoms with Crippen molar-refractivity contribution in [3.8, 4) is 0 Å². The van der Waals surface area contributed by atoms with Crippen LogP contribution < -0.4 is 0 Å². The van der Waals surface area contributed by atoms with Gasteiger partial charge in [-0.05, 0) is 5.16 Å². The number of hydrogen-bond acceptors (Lipinski definition) is 5. The maximum Gasteiger partial charge on any atom is 0.362 e. The number of nitrogens with zero attached hydrogens (tertiary/aromatic N) is 2. The number of hydrogen-bond donors (Lipinski definition) is 0. The van der Waals surface area contributed by atoms with Crippen LogP contribution in [0.3, 0.4) is 0 Å². The van der Waals surface area contributed by atoms with Gasteiger partial charge >= 0.3 is 5.97 Å². The van der Waals surface area contributed by atoms with E-state index in [0.717, 1.165) is 0 Å². The standard InChI is InChI=1S/C4H4N2O3/c1-8-4(7)3-2-5-9-6-3/h2H,1H3. The second-order valence-corrected chi connectivity index (χ2v) is 1.28. The average Bonchev–Trinajstić information content (AvgIpc) is 2.37. The van der Waals surface area contributed by atoms with Crippen molar-refractivity contribution in [1.29, 1.82) is 0 Å². The van der Waals surface area contributed by atoms with E-state index in [1.807, 2.05) is 0 Å². The zero-order chi connectivity index (χ0) is 6.69. The number of ether oxygens (including phenoxy) is 1. The first kappa shape index (κ1) is 5.74. The molecule has 0 spiro atoms. The zero-order valence-electron chi connectivity index (χ0n) is 4.70. The van der Waals surface area contributed by atoms with Crippen LogP contribution in [0.25, 0.3) is 0 Å². The molecule has 1 heterocycles. The molecular weight excluding hydrogens is 124 g/mol. The van der Waals surface area contributed by atoms with Crippen LogP contribution in [0.2, 0.25) is 0 Å². The minimum absolute atomic E-state index is 0.0810. The summed E-state index contributed by atoms with van der Waals surface area (Å²) in [6.07, 6.45) is 1.19. The first-order valence-electron chi connectivity index (χ1n) is 2.20. The molecule has 0 saturated heterocycles. The van der Waals surface area contributed by atoms with E-state index in [0.29, 0.717) is 0 Å². The molecule has 0 aliphatic heterocycles. The van der Waals surface area contributed by atoms with E-state index in [4.69, 9.17) is 0 Å². The Labute approximate surface area is 50.6 Å². The predicted molar refractivity (Wildman–Crippen MR) is 25.6 cm³/mol. The SMILES string of the molecule is COC(=O)c1cnon1. The molecular formula is C4H4N2O3. The molecule has 9 heavy (non-hydrogen) atoms. The Bertz CT molecular complexity index is 194. The van der Waals surface area contributed by atoms with Crippen molar-refractivity contribution in [2.45, 2.75) is 0 Å². The van der Waals surface area contributed by atoms with Gasteiger partial charge in [-0.1, -0.05) is 5.16 Å². The Morgan fingerprint density at radius 2 is 2.67 bits per heavy atom. The van der Waals surface area contributed by atoms with Crippen LogP contribution in [-0.2, 0) is 4.74 Å². The van der Waals surface area contributed by atoms with E-state index in [1.54, 1.807) is 0 Å². The fourth-order valence-electron chi connectivity index (χ4n) is 0.359. The quantitative estimate of drug-likeness (QED) is 0.492. The van der Waals surface area contributed by atoms with Gasteiger partial charge in [-0.3, -0.25) is 0 Å². The molecule has 0 radical (unpaired) electrons. The fourth-order valence-corrected chi connectivity index (χ4v) is 0.359. The van der Waals surface area contributed by atoms with E-state index in [9.17, 15) is 4.79 Å². The molecule has 0 aliphatic rings. The minimum atomic E-state index is -0.545. The van der Waals surface area contributed by atoms with Crippen molar-refractivity contribution < 1.29 is 14.2 Å². The van der Waals surface area contributed by atoms with Crippen molar-refractivity contribution >= 4 is 5.97 Å². The third kappa shape index (κ3) is 1.04. The van der Waals surface area contributed by atoms with Gasteiger partial charge in [-0.2, -0.15) is 0 Å². The summed E-state index contributed by atoms with van der Waals surface area (Å²) < 4.78 is 8.43. The molecule has 0 unspecified atom stereocenters. The van der Waals surface area contributed by atoms with Crippen LogP contribution in [0, 0.1) is 0 Å². The molecule has 1 aromatic heterocycles. The lowest BCUT2D eigenvalue weighted by atomic mass is 10.5. The summed E-state index contributed by atoms with van der Waals surface area (Å²) in [5, 5.41) is 6.43. The third-order valence-corrected chi connectivity index (χ3v) is 0.756. The van der Waals surface area contributed by atoms with Gasteiger partial charge in [0.1, 0.15) is 6.20 Å². The van der Waals surface area contributed by atoms with Crippen molar-refractivity contribution in [3.05, 3.63) is 11.9 Å². The highest BCUT2D eigenvalue weighted by Gasteiger charge is 2.07. The molecule has 0 aliphatic carbocycles. The van der Waals surface area contributed by atoms with E-state index < -0.39 is 5.97 Å². The van der Waals surface area contributed by atoms with Crippen LogP contribution in [0.5, 0.6) is 0 Å². The van der Waals surface area contributed by atoms with E-state index in [2.05, 4.69) is 19.7 Å². The van der Waals surface area contributed by atoms with Crippen molar-refractivity contribution in [2.75, 3.05) is 7.11 Å². The second-order valence-electron chi connectivity index (χ2n) is 1.28. The normalized spacial score (nSPS) is 9.00. The highest BCUT2D eigenvalue weighted by Crippen LogP contribution is 1.91. The van der Waals surface area contributed by atoms with Crippen LogP contribution in [-0.4, -0.2) is 23.4 Å². The Morgan fingerprint density at radius 3 is 3.11 bits per heavy atom. The van der Waals surface area contributed by atoms with Crippen LogP contribution in [0.4, 0.5) is 0 Å². The molecule has 1 rings (SSSR count). The highest BCUT2D eigenvalue weighted by atomic mass is 16.6. The van der Waals surface area contributed by atoms with Crippen molar-refractivity contribution in [1.82, 2.24) is 10.3 Å². The number of carbonyl (C=O) groups excluding carboxylic acids is 1. The largest absolute Gasteiger partial charge is 0.464 e. The smallest absolute Gasteiger partial charge is 0.362 e. The third-order valence-electron chi connectivity index (χ3n) is 0.756. The summed E-state index contributed by atoms with van der Waals surface area (Å²) in [6, 6.07) is 0. The second kappa shape index (κ2) is 2.25. The summed E-state index contributed by atoms with van der Waals surface area (Å²) in [5.74, 6) is -0.545. The number of methoxy groups -OCH3 is 1. The molecule has 0 saturated carbocycles. The lowest BCUT2D eigenvalue weighted by Crippen LogP contribution is -2.00. The molecule has 0 N–H and O–H groups in total. The van der Waals surface area contributed by atoms with Crippen molar-refractivity contribution in [2.24, 2.45) is 0 Å². The van der Waals surface area contributed by atoms with Gasteiger partial charge in [0.25, 0.3) is 0 Å². The highest BCUT2D eigenvalue weighted by molar-refractivity contribution is 5.86. The van der Waals surface area contributed by atoms with Gasteiger partial charge in [-0.25, -0.2) is 9.42 Å². The first-order chi connectivity index (χ1) is 4.34. The predicted octanol–water partition coefficient (Wildman–Crippen LogP) is -0.144. The van der Waals surface area contributed by atoms with Crippen LogP contribution in [0.15, 0.2) is 10.8 Å². The fraction of sp³-hybridized carbons (Fsp3) is 0.250. The monoisotopic (exact) mass is 128 g/mol.